The molecule has 0 bridgehead atoms. The summed E-state index contributed by atoms with van der Waals surface area (Å²) in [6, 6.07) is 1.49. The van der Waals surface area contributed by atoms with Crippen molar-refractivity contribution >= 4 is 22.6 Å². The fourth-order valence-electron chi connectivity index (χ4n) is 2.67. The summed E-state index contributed by atoms with van der Waals surface area (Å²) in [7, 11) is -1.54. The highest BCUT2D eigenvalue weighted by atomic mass is 35.5. The van der Waals surface area contributed by atoms with Crippen molar-refractivity contribution in [1.82, 2.24) is 4.72 Å². The van der Waals surface area contributed by atoms with Gasteiger partial charge in [0.05, 0.1) is 21.8 Å². The predicted octanol–water partition coefficient (Wildman–Crippen LogP) is 5.00. The molecule has 8 heteroatoms. The van der Waals surface area contributed by atoms with Crippen molar-refractivity contribution in [3.05, 3.63) is 34.4 Å². The zero-order valence-electron chi connectivity index (χ0n) is 13.6. The van der Waals surface area contributed by atoms with Crippen LogP contribution in [0.1, 0.15) is 45.2 Å². The molecule has 0 aromatic heterocycles. The molecule has 2 nitrogen and oxygen atoms in total. The first-order valence-electron chi connectivity index (χ1n) is 7.62. The van der Waals surface area contributed by atoms with Gasteiger partial charge < -0.3 is 0 Å². The van der Waals surface area contributed by atoms with Gasteiger partial charge in [0.15, 0.2) is 0 Å². The fraction of sp³-hybridized carbons (Fsp3) is 0.625. The van der Waals surface area contributed by atoms with Gasteiger partial charge in [0.1, 0.15) is 16.7 Å². The highest BCUT2D eigenvalue weighted by molar-refractivity contribution is 7.84. The first-order chi connectivity index (χ1) is 11.0. The summed E-state index contributed by atoms with van der Waals surface area (Å²) in [4.78, 5) is 0. The Labute approximate surface area is 146 Å². The van der Waals surface area contributed by atoms with E-state index in [1.54, 1.807) is 20.8 Å². The predicted molar refractivity (Wildman–Crippen MR) is 87.4 cm³/mol. The number of benzene rings is 1. The van der Waals surface area contributed by atoms with Crippen LogP contribution in [0.15, 0.2) is 12.1 Å². The number of alkyl halides is 2. The smallest absolute Gasteiger partial charge is 0.241 e. The highest BCUT2D eigenvalue weighted by Crippen LogP contribution is 2.46. The van der Waals surface area contributed by atoms with Crippen molar-refractivity contribution in [2.45, 2.75) is 50.8 Å². The quantitative estimate of drug-likeness (QED) is 0.560. The molecule has 0 saturated heterocycles. The van der Waals surface area contributed by atoms with E-state index in [-0.39, 0.29) is 24.3 Å². The van der Waals surface area contributed by atoms with Gasteiger partial charge in [0.2, 0.25) is 6.43 Å². The van der Waals surface area contributed by atoms with Gasteiger partial charge in [-0.15, -0.1) is 0 Å². The van der Waals surface area contributed by atoms with Crippen molar-refractivity contribution in [3.63, 3.8) is 0 Å². The molecule has 24 heavy (non-hydrogen) atoms. The highest BCUT2D eigenvalue weighted by Gasteiger charge is 2.42. The molecular weight excluding hydrogens is 366 g/mol. The molecule has 0 heterocycles. The Morgan fingerprint density at radius 2 is 1.79 bits per heavy atom. The van der Waals surface area contributed by atoms with Gasteiger partial charge >= 0.3 is 0 Å². The number of rotatable bonds is 5. The average molecular weight is 386 g/mol. The van der Waals surface area contributed by atoms with Gasteiger partial charge in [-0.3, -0.25) is 0 Å². The molecule has 0 radical (unpaired) electrons. The minimum absolute atomic E-state index is 0.0525. The molecule has 1 N–H and O–H groups in total. The van der Waals surface area contributed by atoms with E-state index in [2.05, 4.69) is 4.72 Å². The van der Waals surface area contributed by atoms with Gasteiger partial charge in [-0.1, -0.05) is 17.7 Å². The SMILES string of the molecule is CC(C)(C)[S@@](=O)NC(c1ccc(F)c(Cl)c1F)C1CC(C(F)F)C1. The van der Waals surface area contributed by atoms with Gasteiger partial charge in [0.25, 0.3) is 0 Å². The molecule has 2 atom stereocenters. The van der Waals surface area contributed by atoms with Crippen molar-refractivity contribution in [2.24, 2.45) is 11.8 Å². The third kappa shape index (κ3) is 4.11. The van der Waals surface area contributed by atoms with Gasteiger partial charge in [0, 0.05) is 11.5 Å². The number of halogens is 5. The summed E-state index contributed by atoms with van der Waals surface area (Å²) in [6.07, 6.45) is -2.06. The minimum atomic E-state index is -2.43. The van der Waals surface area contributed by atoms with E-state index in [1.165, 1.54) is 6.07 Å². The summed E-state index contributed by atoms with van der Waals surface area (Å²) < 4.78 is 67.9. The van der Waals surface area contributed by atoms with Crippen LogP contribution >= 0.6 is 11.6 Å². The Morgan fingerprint density at radius 1 is 1.21 bits per heavy atom. The lowest BCUT2D eigenvalue weighted by Gasteiger charge is -2.41. The minimum Gasteiger partial charge on any atom is -0.242 e. The van der Waals surface area contributed by atoms with Gasteiger partial charge in [-0.05, 0) is 45.6 Å². The summed E-state index contributed by atoms with van der Waals surface area (Å²) in [6.45, 7) is 5.22. The van der Waals surface area contributed by atoms with Crippen LogP contribution in [-0.2, 0) is 11.0 Å². The first kappa shape index (κ1) is 19.7. The molecule has 1 aliphatic carbocycles. The van der Waals surface area contributed by atoms with Crippen LogP contribution in [-0.4, -0.2) is 15.4 Å². The molecule has 1 aromatic rings. The molecule has 1 aromatic carbocycles. The second kappa shape index (κ2) is 7.30. The van der Waals surface area contributed by atoms with Crippen LogP contribution in [0.25, 0.3) is 0 Å². The maximum atomic E-state index is 14.4. The lowest BCUT2D eigenvalue weighted by Crippen LogP contribution is -2.43. The van der Waals surface area contributed by atoms with Crippen molar-refractivity contribution in [1.29, 1.82) is 0 Å². The molecular formula is C16H20ClF4NOS. The molecule has 1 fully saturated rings. The van der Waals surface area contributed by atoms with Gasteiger partial charge in [-0.2, -0.15) is 0 Å². The normalized spacial score (nSPS) is 23.9. The average Bonchev–Trinajstić information content (AvgIpc) is 2.41. The van der Waals surface area contributed by atoms with Crippen LogP contribution < -0.4 is 4.72 Å². The Kier molecular flexibility index (Phi) is 5.98. The van der Waals surface area contributed by atoms with E-state index in [9.17, 15) is 21.8 Å². The number of nitrogens with one attached hydrogen (secondary N) is 1. The van der Waals surface area contributed by atoms with Gasteiger partial charge in [-0.25, -0.2) is 26.5 Å². The van der Waals surface area contributed by atoms with E-state index in [0.717, 1.165) is 6.07 Å². The second-order valence-electron chi connectivity index (χ2n) is 7.07. The Hall–Kier alpha value is -0.660. The molecule has 1 aliphatic rings. The van der Waals surface area contributed by atoms with E-state index in [4.69, 9.17) is 11.6 Å². The first-order valence-corrected chi connectivity index (χ1v) is 9.14. The zero-order chi connectivity index (χ0) is 18.2. The zero-order valence-corrected chi connectivity index (χ0v) is 15.2. The molecule has 2 rings (SSSR count). The van der Waals surface area contributed by atoms with E-state index in [0.29, 0.717) is 0 Å². The van der Waals surface area contributed by atoms with Crippen LogP contribution in [0.3, 0.4) is 0 Å². The van der Waals surface area contributed by atoms with E-state index >= 15 is 0 Å². The molecule has 0 spiro atoms. The Bertz CT molecular complexity index is 629. The van der Waals surface area contributed by atoms with E-state index < -0.39 is 50.8 Å². The summed E-state index contributed by atoms with van der Waals surface area (Å²) in [5.74, 6) is -2.90. The van der Waals surface area contributed by atoms with Crippen LogP contribution in [0.4, 0.5) is 17.6 Å². The summed E-state index contributed by atoms with van der Waals surface area (Å²) in [5, 5.41) is -0.648. The monoisotopic (exact) mass is 385 g/mol. The molecule has 1 unspecified atom stereocenters. The van der Waals surface area contributed by atoms with Crippen molar-refractivity contribution in [3.8, 4) is 0 Å². The van der Waals surface area contributed by atoms with Crippen LogP contribution in [0, 0.1) is 23.5 Å². The van der Waals surface area contributed by atoms with E-state index in [1.807, 2.05) is 0 Å². The third-order valence-corrected chi connectivity index (χ3v) is 6.16. The van der Waals surface area contributed by atoms with Crippen LogP contribution in [0.5, 0.6) is 0 Å². The standard InChI is InChI=1S/C16H20ClF4NOS/c1-16(2,3)24(23)22-14(8-6-9(7-8)15(20)21)10-4-5-11(18)12(17)13(10)19/h4-5,8-9,14-15,22H,6-7H2,1-3H3/t8?,9?,14?,24-/m1/s1. The van der Waals surface area contributed by atoms with Crippen LogP contribution in [0.2, 0.25) is 5.02 Å². The lowest BCUT2D eigenvalue weighted by atomic mass is 9.70. The van der Waals surface area contributed by atoms with Crippen molar-refractivity contribution in [2.75, 3.05) is 0 Å². The Morgan fingerprint density at radius 3 is 2.29 bits per heavy atom. The topological polar surface area (TPSA) is 29.1 Å². The molecule has 1 saturated carbocycles. The summed E-state index contributed by atoms with van der Waals surface area (Å²) in [5.41, 5.74) is 0.0525. The third-order valence-electron chi connectivity index (χ3n) is 4.23. The maximum Gasteiger partial charge on any atom is 0.241 e. The largest absolute Gasteiger partial charge is 0.242 e. The molecule has 0 aliphatic heterocycles. The Balaban J connectivity index is 2.30. The second-order valence-corrected chi connectivity index (χ2v) is 9.44. The summed E-state index contributed by atoms with van der Waals surface area (Å²) >= 11 is 5.62. The molecule has 136 valence electrons. The molecule has 0 amide bonds. The van der Waals surface area contributed by atoms with Crippen molar-refractivity contribution < 1.29 is 21.8 Å². The lowest BCUT2D eigenvalue weighted by molar-refractivity contribution is -0.00687. The fourth-order valence-corrected chi connectivity index (χ4v) is 3.75. The number of hydrogen-bond acceptors (Lipinski definition) is 1. The maximum absolute atomic E-state index is 14.4. The number of hydrogen-bond donors (Lipinski definition) is 1.